The van der Waals surface area contributed by atoms with Crippen molar-refractivity contribution in [3.8, 4) is 17.1 Å². The Balaban J connectivity index is 2.55. The molecule has 0 aliphatic rings. The SMILES string of the molecule is C=Cc1c(N)nc(-c2ccc(Cl)c(OC)c2F)nc1C(=O)OCCCC. The molecule has 0 unspecified atom stereocenters. The van der Waals surface area contributed by atoms with Crippen molar-refractivity contribution in [3.63, 3.8) is 0 Å². The average molecular weight is 380 g/mol. The molecule has 1 heterocycles. The Labute approximate surface area is 155 Å². The minimum Gasteiger partial charge on any atom is -0.492 e. The lowest BCUT2D eigenvalue weighted by molar-refractivity contribution is 0.0492. The Kier molecular flexibility index (Phi) is 6.52. The summed E-state index contributed by atoms with van der Waals surface area (Å²) in [5.74, 6) is -1.67. The van der Waals surface area contributed by atoms with Crippen LogP contribution in [-0.2, 0) is 4.74 Å². The summed E-state index contributed by atoms with van der Waals surface area (Å²) in [7, 11) is 1.29. The van der Waals surface area contributed by atoms with Crippen LogP contribution in [-0.4, -0.2) is 29.7 Å². The van der Waals surface area contributed by atoms with E-state index >= 15 is 0 Å². The van der Waals surface area contributed by atoms with Gasteiger partial charge in [-0.15, -0.1) is 0 Å². The number of anilines is 1. The van der Waals surface area contributed by atoms with E-state index in [9.17, 15) is 9.18 Å². The van der Waals surface area contributed by atoms with E-state index in [2.05, 4.69) is 16.5 Å². The van der Waals surface area contributed by atoms with Gasteiger partial charge in [0.2, 0.25) is 0 Å². The number of methoxy groups -OCH3 is 1. The van der Waals surface area contributed by atoms with Gasteiger partial charge in [0.25, 0.3) is 0 Å². The summed E-state index contributed by atoms with van der Waals surface area (Å²) in [5.41, 5.74) is 6.06. The van der Waals surface area contributed by atoms with Gasteiger partial charge in [0.15, 0.2) is 23.1 Å². The molecule has 1 aromatic carbocycles. The Morgan fingerprint density at radius 3 is 2.77 bits per heavy atom. The Morgan fingerprint density at radius 2 is 2.15 bits per heavy atom. The van der Waals surface area contributed by atoms with Gasteiger partial charge in [-0.05, 0) is 18.6 Å². The first-order valence-corrected chi connectivity index (χ1v) is 8.31. The lowest BCUT2D eigenvalue weighted by Gasteiger charge is -2.12. The number of unbranched alkanes of at least 4 members (excludes halogenated alkanes) is 1. The Morgan fingerprint density at radius 1 is 1.42 bits per heavy atom. The molecule has 0 bridgehead atoms. The van der Waals surface area contributed by atoms with Crippen LogP contribution in [0.3, 0.4) is 0 Å². The second kappa shape index (κ2) is 8.62. The minimum absolute atomic E-state index is 0.00355. The highest BCUT2D eigenvalue weighted by Gasteiger charge is 2.22. The number of halogens is 2. The zero-order valence-electron chi connectivity index (χ0n) is 14.5. The largest absolute Gasteiger partial charge is 0.492 e. The number of rotatable bonds is 7. The molecule has 0 radical (unpaired) electrons. The summed E-state index contributed by atoms with van der Waals surface area (Å²) in [4.78, 5) is 20.6. The van der Waals surface area contributed by atoms with Crippen LogP contribution < -0.4 is 10.5 Å². The maximum absolute atomic E-state index is 14.6. The van der Waals surface area contributed by atoms with Gasteiger partial charge in [0.1, 0.15) is 5.82 Å². The van der Waals surface area contributed by atoms with Gasteiger partial charge < -0.3 is 15.2 Å². The maximum Gasteiger partial charge on any atom is 0.357 e. The maximum atomic E-state index is 14.6. The quantitative estimate of drug-likeness (QED) is 0.575. The number of hydrogen-bond acceptors (Lipinski definition) is 6. The van der Waals surface area contributed by atoms with E-state index in [4.69, 9.17) is 26.8 Å². The Hall–Kier alpha value is -2.67. The van der Waals surface area contributed by atoms with E-state index in [1.807, 2.05) is 6.92 Å². The van der Waals surface area contributed by atoms with Crippen molar-refractivity contribution in [3.05, 3.63) is 40.8 Å². The molecule has 0 saturated heterocycles. The predicted molar refractivity (Wildman–Crippen MR) is 98.7 cm³/mol. The van der Waals surface area contributed by atoms with E-state index in [0.29, 0.717) is 6.42 Å². The van der Waals surface area contributed by atoms with Crippen LogP contribution in [0.2, 0.25) is 5.02 Å². The molecule has 6 nitrogen and oxygen atoms in total. The summed E-state index contributed by atoms with van der Waals surface area (Å²) < 4.78 is 24.8. The molecule has 26 heavy (non-hydrogen) atoms. The van der Waals surface area contributed by atoms with Gasteiger partial charge in [-0.25, -0.2) is 19.2 Å². The van der Waals surface area contributed by atoms with E-state index in [0.717, 1.165) is 6.42 Å². The van der Waals surface area contributed by atoms with E-state index in [1.54, 1.807) is 0 Å². The number of nitrogen functional groups attached to an aromatic ring is 1. The van der Waals surface area contributed by atoms with Crippen LogP contribution in [0.4, 0.5) is 10.2 Å². The lowest BCUT2D eigenvalue weighted by atomic mass is 10.1. The molecular formula is C18H19ClFN3O3. The molecule has 0 spiro atoms. The number of carbonyl (C=O) groups excluding carboxylic acids is 1. The van der Waals surface area contributed by atoms with Gasteiger partial charge in [0, 0.05) is 5.56 Å². The van der Waals surface area contributed by atoms with E-state index in [1.165, 1.54) is 25.3 Å². The molecule has 8 heteroatoms. The first-order valence-electron chi connectivity index (χ1n) is 7.94. The molecule has 0 aliphatic carbocycles. The predicted octanol–water partition coefficient (Wildman–Crippen LogP) is 4.13. The van der Waals surface area contributed by atoms with E-state index < -0.39 is 11.8 Å². The number of carbonyl (C=O) groups is 1. The van der Waals surface area contributed by atoms with Gasteiger partial charge in [-0.2, -0.15) is 0 Å². The summed E-state index contributed by atoms with van der Waals surface area (Å²) in [5, 5.41) is 0.101. The first kappa shape index (κ1) is 19.7. The average Bonchev–Trinajstić information content (AvgIpc) is 2.61. The van der Waals surface area contributed by atoms with Crippen molar-refractivity contribution >= 4 is 29.5 Å². The van der Waals surface area contributed by atoms with Crippen molar-refractivity contribution < 1.29 is 18.7 Å². The number of nitrogens with zero attached hydrogens (tertiary/aromatic N) is 2. The molecular weight excluding hydrogens is 361 g/mol. The minimum atomic E-state index is -0.754. The van der Waals surface area contributed by atoms with Crippen LogP contribution in [0.1, 0.15) is 35.8 Å². The molecule has 1 aromatic heterocycles. The van der Waals surface area contributed by atoms with Crippen LogP contribution in [0.15, 0.2) is 18.7 Å². The van der Waals surface area contributed by atoms with Crippen LogP contribution >= 0.6 is 11.6 Å². The number of hydrogen-bond donors (Lipinski definition) is 1. The molecule has 0 saturated carbocycles. The fourth-order valence-electron chi connectivity index (χ4n) is 2.23. The summed E-state index contributed by atoms with van der Waals surface area (Å²) in [6, 6.07) is 2.83. The van der Waals surface area contributed by atoms with Crippen LogP contribution in [0.5, 0.6) is 5.75 Å². The summed E-state index contributed by atoms with van der Waals surface area (Å²) in [6.45, 7) is 5.83. The smallest absolute Gasteiger partial charge is 0.357 e. The number of benzene rings is 1. The highest BCUT2D eigenvalue weighted by molar-refractivity contribution is 6.32. The summed E-state index contributed by atoms with van der Waals surface area (Å²) in [6.07, 6.45) is 2.94. The first-order chi connectivity index (χ1) is 12.4. The van der Waals surface area contributed by atoms with Gasteiger partial charge >= 0.3 is 5.97 Å². The van der Waals surface area contributed by atoms with Gasteiger partial charge in [0.05, 0.1) is 24.3 Å². The zero-order valence-corrected chi connectivity index (χ0v) is 15.3. The molecule has 138 valence electrons. The van der Waals surface area contributed by atoms with Gasteiger partial charge in [-0.1, -0.05) is 37.6 Å². The van der Waals surface area contributed by atoms with Crippen molar-refractivity contribution in [1.29, 1.82) is 0 Å². The van der Waals surface area contributed by atoms with Crippen LogP contribution in [0, 0.1) is 5.82 Å². The van der Waals surface area contributed by atoms with Crippen molar-refractivity contribution in [2.75, 3.05) is 19.5 Å². The number of nitrogens with two attached hydrogens (primary N) is 1. The molecule has 0 amide bonds. The van der Waals surface area contributed by atoms with Crippen molar-refractivity contribution in [2.45, 2.75) is 19.8 Å². The van der Waals surface area contributed by atoms with Crippen molar-refractivity contribution in [1.82, 2.24) is 9.97 Å². The fourth-order valence-corrected chi connectivity index (χ4v) is 2.46. The molecule has 0 aliphatic heterocycles. The van der Waals surface area contributed by atoms with Crippen molar-refractivity contribution in [2.24, 2.45) is 0 Å². The fraction of sp³-hybridized carbons (Fsp3) is 0.278. The lowest BCUT2D eigenvalue weighted by Crippen LogP contribution is -2.14. The normalized spacial score (nSPS) is 10.5. The second-order valence-electron chi connectivity index (χ2n) is 5.33. The highest BCUT2D eigenvalue weighted by atomic mass is 35.5. The number of aromatic nitrogens is 2. The molecule has 2 N–H and O–H groups in total. The Bertz CT molecular complexity index is 843. The topological polar surface area (TPSA) is 87.3 Å². The molecule has 2 aromatic rings. The standard InChI is InChI=1S/C18H19ClFN3O3/c1-4-6-9-26-18(24)14-10(5-2)16(21)23-17(22-14)11-7-8-12(19)15(25-3)13(11)20/h5,7-8H,2,4,6,9H2,1,3H3,(H2,21,22,23). The number of ether oxygens (including phenoxy) is 2. The molecule has 0 fully saturated rings. The van der Waals surface area contributed by atoms with Crippen LogP contribution in [0.25, 0.3) is 17.5 Å². The second-order valence-corrected chi connectivity index (χ2v) is 5.74. The third-order valence-electron chi connectivity index (χ3n) is 3.60. The number of esters is 1. The third kappa shape index (κ3) is 3.94. The monoisotopic (exact) mass is 379 g/mol. The highest BCUT2D eigenvalue weighted by Crippen LogP contribution is 2.34. The van der Waals surface area contributed by atoms with Gasteiger partial charge in [-0.3, -0.25) is 0 Å². The summed E-state index contributed by atoms with van der Waals surface area (Å²) >= 11 is 5.90. The molecule has 0 atom stereocenters. The third-order valence-corrected chi connectivity index (χ3v) is 3.90. The molecule has 2 rings (SSSR count). The van der Waals surface area contributed by atoms with E-state index in [-0.39, 0.29) is 45.8 Å². The zero-order chi connectivity index (χ0) is 19.3.